The Hall–Kier alpha value is -3.25. The molecule has 0 saturated carbocycles. The van der Waals surface area contributed by atoms with E-state index in [1.807, 2.05) is 0 Å². The molecule has 2 aromatic rings. The maximum Gasteiger partial charge on any atom is 0.319 e. The lowest BCUT2D eigenvalue weighted by Crippen LogP contribution is -2.51. The Bertz CT molecular complexity index is 1100. The van der Waals surface area contributed by atoms with Gasteiger partial charge in [-0.2, -0.15) is 4.31 Å². The quantitative estimate of drug-likeness (QED) is 0.628. The topological polar surface area (TPSA) is 108 Å². The molecule has 1 aliphatic rings. The number of carbonyl (C=O) groups is 2. The fourth-order valence-electron chi connectivity index (χ4n) is 3.29. The van der Waals surface area contributed by atoms with E-state index in [0.29, 0.717) is 17.5 Å². The minimum absolute atomic E-state index is 0.0176. The average Bonchev–Trinajstić information content (AvgIpc) is 2.79. The number of nitrogens with one attached hydrogen (secondary N) is 2. The van der Waals surface area contributed by atoms with E-state index in [1.54, 1.807) is 24.3 Å². The smallest absolute Gasteiger partial charge is 0.319 e. The van der Waals surface area contributed by atoms with Gasteiger partial charge in [0.15, 0.2) is 0 Å². The molecule has 178 valence electrons. The summed E-state index contributed by atoms with van der Waals surface area (Å²) in [5, 5.41) is 5.22. The fourth-order valence-corrected chi connectivity index (χ4v) is 4.76. The summed E-state index contributed by atoms with van der Waals surface area (Å²) in [5.74, 6) is -1.62. The fraction of sp³-hybridized carbons (Fsp3) is 0.333. The molecule has 2 aromatic carbocycles. The summed E-state index contributed by atoms with van der Waals surface area (Å²) in [4.78, 5) is 25.2. The van der Waals surface area contributed by atoms with Crippen LogP contribution < -0.4 is 15.4 Å². The van der Waals surface area contributed by atoms with E-state index in [0.717, 1.165) is 16.4 Å². The minimum Gasteiger partial charge on any atom is -0.497 e. The molecular weight excluding hydrogens is 458 g/mol. The number of rotatable bonds is 7. The first-order chi connectivity index (χ1) is 15.7. The van der Waals surface area contributed by atoms with E-state index in [9.17, 15) is 26.8 Å². The van der Waals surface area contributed by atoms with Crippen LogP contribution >= 0.6 is 0 Å². The highest BCUT2D eigenvalue weighted by atomic mass is 32.2. The molecule has 0 radical (unpaired) electrons. The number of amides is 3. The number of hydrogen-bond acceptors (Lipinski definition) is 5. The zero-order valence-electron chi connectivity index (χ0n) is 17.9. The van der Waals surface area contributed by atoms with Crippen LogP contribution in [-0.2, 0) is 14.8 Å². The van der Waals surface area contributed by atoms with Crippen LogP contribution in [0, 0.1) is 11.6 Å². The lowest BCUT2D eigenvalue weighted by Gasteiger charge is -2.34. The molecule has 1 fully saturated rings. The lowest BCUT2D eigenvalue weighted by atomic mass is 10.3. The number of sulfonamides is 1. The van der Waals surface area contributed by atoms with Crippen molar-refractivity contribution in [2.75, 3.05) is 45.2 Å². The SMILES string of the molecule is COc1ccc(NC(=O)NCCC(=O)N2CCN(S(=O)(=O)c3ccc(F)cc3F)CC2)cc1. The van der Waals surface area contributed by atoms with Crippen LogP contribution in [-0.4, -0.2) is 69.4 Å². The van der Waals surface area contributed by atoms with Crippen LogP contribution in [0.5, 0.6) is 5.75 Å². The summed E-state index contributed by atoms with van der Waals surface area (Å²) in [6.07, 6.45) is 0.0371. The molecule has 0 aromatic heterocycles. The average molecular weight is 483 g/mol. The highest BCUT2D eigenvalue weighted by Gasteiger charge is 2.32. The molecule has 1 heterocycles. The van der Waals surface area contributed by atoms with Gasteiger partial charge in [0, 0.05) is 50.9 Å². The van der Waals surface area contributed by atoms with Gasteiger partial charge < -0.3 is 20.3 Å². The molecule has 1 aliphatic heterocycles. The minimum atomic E-state index is -4.14. The van der Waals surface area contributed by atoms with Crippen LogP contribution in [0.4, 0.5) is 19.3 Å². The van der Waals surface area contributed by atoms with Gasteiger partial charge in [-0.15, -0.1) is 0 Å². The van der Waals surface area contributed by atoms with Gasteiger partial charge in [0.25, 0.3) is 0 Å². The Morgan fingerprint density at radius 1 is 1.03 bits per heavy atom. The number of urea groups is 1. The Morgan fingerprint density at radius 3 is 2.30 bits per heavy atom. The molecule has 0 aliphatic carbocycles. The number of ether oxygens (including phenoxy) is 1. The predicted octanol–water partition coefficient (Wildman–Crippen LogP) is 2.02. The summed E-state index contributed by atoms with van der Waals surface area (Å²) >= 11 is 0. The number of nitrogens with zero attached hydrogens (tertiary/aromatic N) is 2. The number of anilines is 1. The lowest BCUT2D eigenvalue weighted by molar-refractivity contribution is -0.132. The second kappa shape index (κ2) is 10.6. The molecule has 2 N–H and O–H groups in total. The monoisotopic (exact) mass is 482 g/mol. The van der Waals surface area contributed by atoms with Crippen molar-refractivity contribution in [3.05, 3.63) is 54.1 Å². The first kappa shape index (κ1) is 24.4. The summed E-state index contributed by atoms with van der Waals surface area (Å²) < 4.78 is 58.4. The predicted molar refractivity (Wildman–Crippen MR) is 116 cm³/mol. The Kier molecular flexibility index (Phi) is 7.82. The van der Waals surface area contributed by atoms with Crippen molar-refractivity contribution in [1.82, 2.24) is 14.5 Å². The van der Waals surface area contributed by atoms with E-state index >= 15 is 0 Å². The molecule has 0 unspecified atom stereocenters. The van der Waals surface area contributed by atoms with E-state index in [1.165, 1.54) is 12.0 Å². The van der Waals surface area contributed by atoms with Crippen LogP contribution in [0.2, 0.25) is 0 Å². The van der Waals surface area contributed by atoms with Gasteiger partial charge in [0.2, 0.25) is 15.9 Å². The number of carbonyl (C=O) groups excluding carboxylic acids is 2. The van der Waals surface area contributed by atoms with Crippen molar-refractivity contribution < 1.29 is 31.5 Å². The first-order valence-corrected chi connectivity index (χ1v) is 11.6. The summed E-state index contributed by atoms with van der Waals surface area (Å²) in [5.41, 5.74) is 0.564. The zero-order valence-corrected chi connectivity index (χ0v) is 18.7. The number of hydrogen-bond donors (Lipinski definition) is 2. The van der Waals surface area contributed by atoms with Gasteiger partial charge in [-0.3, -0.25) is 4.79 Å². The van der Waals surface area contributed by atoms with Crippen LogP contribution in [0.15, 0.2) is 47.4 Å². The number of benzene rings is 2. The largest absolute Gasteiger partial charge is 0.497 e. The Labute approximate surface area is 190 Å². The van der Waals surface area contributed by atoms with Crippen molar-refractivity contribution in [3.63, 3.8) is 0 Å². The Balaban J connectivity index is 1.44. The van der Waals surface area contributed by atoms with Gasteiger partial charge >= 0.3 is 6.03 Å². The van der Waals surface area contributed by atoms with Crippen molar-refractivity contribution in [2.45, 2.75) is 11.3 Å². The molecule has 0 spiro atoms. The molecule has 33 heavy (non-hydrogen) atoms. The van der Waals surface area contributed by atoms with E-state index < -0.39 is 32.6 Å². The zero-order chi connectivity index (χ0) is 24.0. The number of methoxy groups -OCH3 is 1. The summed E-state index contributed by atoms with van der Waals surface area (Å²) in [6.45, 7) is 0.310. The molecule has 0 atom stereocenters. The van der Waals surface area contributed by atoms with Gasteiger partial charge in [-0.1, -0.05) is 0 Å². The van der Waals surface area contributed by atoms with Crippen LogP contribution in [0.25, 0.3) is 0 Å². The van der Waals surface area contributed by atoms with Crippen LogP contribution in [0.3, 0.4) is 0 Å². The van der Waals surface area contributed by atoms with E-state index in [-0.39, 0.29) is 45.1 Å². The molecule has 3 amide bonds. The summed E-state index contributed by atoms with van der Waals surface area (Å²) in [7, 11) is -2.60. The van der Waals surface area contributed by atoms with E-state index in [2.05, 4.69) is 10.6 Å². The molecule has 9 nitrogen and oxygen atoms in total. The van der Waals surface area contributed by atoms with Crippen molar-refractivity contribution >= 4 is 27.6 Å². The summed E-state index contributed by atoms with van der Waals surface area (Å²) in [6, 6.07) is 8.57. The number of piperazine rings is 1. The van der Waals surface area contributed by atoms with E-state index in [4.69, 9.17) is 4.74 Å². The van der Waals surface area contributed by atoms with Gasteiger partial charge in [-0.05, 0) is 36.4 Å². The van der Waals surface area contributed by atoms with Gasteiger partial charge in [-0.25, -0.2) is 22.0 Å². The molecular formula is C21H24F2N4O5S. The maximum absolute atomic E-state index is 13.9. The second-order valence-electron chi connectivity index (χ2n) is 7.22. The van der Waals surface area contributed by atoms with Crippen molar-refractivity contribution in [2.24, 2.45) is 0 Å². The van der Waals surface area contributed by atoms with Gasteiger partial charge in [0.05, 0.1) is 7.11 Å². The standard InChI is InChI=1S/C21H24F2N4O5S/c1-32-17-5-3-16(4-6-17)25-21(29)24-9-8-20(28)26-10-12-27(13-11-26)33(30,31)19-7-2-15(22)14-18(19)23/h2-7,14H,8-13H2,1H3,(H2,24,25,29). The third-order valence-corrected chi connectivity index (χ3v) is 7.01. The maximum atomic E-state index is 13.9. The molecule has 0 bridgehead atoms. The van der Waals surface area contributed by atoms with Crippen molar-refractivity contribution in [3.8, 4) is 5.75 Å². The highest BCUT2D eigenvalue weighted by Crippen LogP contribution is 2.21. The second-order valence-corrected chi connectivity index (χ2v) is 9.13. The third kappa shape index (κ3) is 6.17. The highest BCUT2D eigenvalue weighted by molar-refractivity contribution is 7.89. The molecule has 3 rings (SSSR count). The normalized spacial score (nSPS) is 14.6. The first-order valence-electron chi connectivity index (χ1n) is 10.1. The molecule has 1 saturated heterocycles. The number of halogens is 2. The third-order valence-electron chi connectivity index (χ3n) is 5.08. The van der Waals surface area contributed by atoms with Crippen molar-refractivity contribution in [1.29, 1.82) is 0 Å². The van der Waals surface area contributed by atoms with Crippen LogP contribution in [0.1, 0.15) is 6.42 Å². The molecule has 12 heteroatoms. The Morgan fingerprint density at radius 2 is 1.70 bits per heavy atom. The van der Waals surface area contributed by atoms with Gasteiger partial charge in [0.1, 0.15) is 22.3 Å².